The molecule has 5 nitrogen and oxygen atoms in total. The molecule has 0 spiro atoms. The minimum atomic E-state index is 0.503. The Balaban J connectivity index is 2.48. The van der Waals surface area contributed by atoms with E-state index in [4.69, 9.17) is 5.73 Å². The molecule has 0 atom stereocenters. The Hall–Kier alpha value is -2.17. The molecule has 0 saturated carbocycles. The Bertz CT molecular complexity index is 742. The van der Waals surface area contributed by atoms with E-state index in [-0.39, 0.29) is 0 Å². The number of nitrogens with two attached hydrogens (primary N) is 1. The summed E-state index contributed by atoms with van der Waals surface area (Å²) in [6.07, 6.45) is 0. The van der Waals surface area contributed by atoms with Gasteiger partial charge in [-0.2, -0.15) is 0 Å². The molecule has 2 N–H and O–H groups in total. The van der Waals surface area contributed by atoms with Gasteiger partial charge in [0.1, 0.15) is 0 Å². The lowest BCUT2D eigenvalue weighted by atomic mass is 10.2. The van der Waals surface area contributed by atoms with Gasteiger partial charge in [0.05, 0.1) is 33.5 Å². The Morgan fingerprint density at radius 2 is 1.53 bits per heavy atom. The number of nitrogen functional groups attached to an aromatic ring is 1. The number of hydrogen-bond donors (Lipinski definition) is 1. The highest BCUT2D eigenvalue weighted by Gasteiger charge is 2.08. The molecule has 3 rings (SSSR count). The van der Waals surface area contributed by atoms with E-state index in [2.05, 4.69) is 15.0 Å². The van der Waals surface area contributed by atoms with E-state index in [1.54, 1.807) is 0 Å². The number of aryl methyl sites for hydroxylation is 3. The van der Waals surface area contributed by atoms with Gasteiger partial charge >= 0.3 is 0 Å². The van der Waals surface area contributed by atoms with Crippen LogP contribution in [-0.4, -0.2) is 19.5 Å². The van der Waals surface area contributed by atoms with Gasteiger partial charge in [0.2, 0.25) is 5.95 Å². The largest absolute Gasteiger partial charge is 0.369 e. The molecule has 0 aliphatic heterocycles. The first kappa shape index (κ1) is 10.0. The highest BCUT2D eigenvalue weighted by molar-refractivity contribution is 5.92. The van der Waals surface area contributed by atoms with Crippen molar-refractivity contribution < 1.29 is 0 Å². The maximum atomic E-state index is 5.79. The van der Waals surface area contributed by atoms with Crippen LogP contribution in [-0.2, 0) is 7.05 Å². The van der Waals surface area contributed by atoms with Gasteiger partial charge in [0, 0.05) is 7.05 Å². The fourth-order valence-corrected chi connectivity index (χ4v) is 1.94. The fourth-order valence-electron chi connectivity index (χ4n) is 1.94. The van der Waals surface area contributed by atoms with E-state index in [0.29, 0.717) is 5.95 Å². The summed E-state index contributed by atoms with van der Waals surface area (Å²) in [4.78, 5) is 13.3. The van der Waals surface area contributed by atoms with Crippen molar-refractivity contribution in [3.8, 4) is 0 Å². The second-order valence-electron chi connectivity index (χ2n) is 4.25. The number of anilines is 1. The van der Waals surface area contributed by atoms with Gasteiger partial charge in [0.15, 0.2) is 0 Å². The summed E-state index contributed by atoms with van der Waals surface area (Å²) < 4.78 is 1.85. The lowest BCUT2D eigenvalue weighted by molar-refractivity contribution is 0.965. The SMILES string of the molecule is Cc1nc2cc3nc(N)n(C)c3cc2nc1C. The molecule has 0 radical (unpaired) electrons. The van der Waals surface area contributed by atoms with Crippen molar-refractivity contribution in [2.45, 2.75) is 13.8 Å². The number of hydrogen-bond acceptors (Lipinski definition) is 4. The number of benzene rings is 1. The second-order valence-corrected chi connectivity index (χ2v) is 4.25. The maximum absolute atomic E-state index is 5.79. The van der Waals surface area contributed by atoms with Crippen molar-refractivity contribution in [3.05, 3.63) is 23.5 Å². The quantitative estimate of drug-likeness (QED) is 0.634. The zero-order valence-corrected chi connectivity index (χ0v) is 10.0. The smallest absolute Gasteiger partial charge is 0.200 e. The third-order valence-corrected chi connectivity index (χ3v) is 3.11. The number of aromatic nitrogens is 4. The zero-order chi connectivity index (χ0) is 12.2. The molecule has 17 heavy (non-hydrogen) atoms. The third kappa shape index (κ3) is 1.35. The molecule has 0 aliphatic carbocycles. The summed E-state index contributed by atoms with van der Waals surface area (Å²) in [5.74, 6) is 0.503. The molecule has 2 aromatic heterocycles. The number of rotatable bonds is 0. The normalized spacial score (nSPS) is 11.5. The average molecular weight is 227 g/mol. The predicted octanol–water partition coefficient (Wildman–Crippen LogP) is 1.72. The standard InChI is InChI=1S/C12H13N5/c1-6-7(2)15-9-5-11-10(4-8(9)14-6)16-12(13)17(11)3/h4-5H,1-3H3,(H2,13,16). The van der Waals surface area contributed by atoms with Crippen LogP contribution >= 0.6 is 0 Å². The molecule has 3 aromatic rings. The Labute approximate surface area is 98.3 Å². The van der Waals surface area contributed by atoms with Gasteiger partial charge in [0.25, 0.3) is 0 Å². The van der Waals surface area contributed by atoms with Gasteiger partial charge in [-0.05, 0) is 26.0 Å². The zero-order valence-electron chi connectivity index (χ0n) is 10.0. The summed E-state index contributed by atoms with van der Waals surface area (Å²) in [6.45, 7) is 3.92. The first-order valence-electron chi connectivity index (χ1n) is 5.43. The minimum absolute atomic E-state index is 0.503. The van der Waals surface area contributed by atoms with Crippen LogP contribution in [0, 0.1) is 13.8 Å². The van der Waals surface area contributed by atoms with Crippen molar-refractivity contribution in [1.82, 2.24) is 19.5 Å². The molecule has 1 aromatic carbocycles. The Morgan fingerprint density at radius 3 is 2.18 bits per heavy atom. The molecule has 2 heterocycles. The van der Waals surface area contributed by atoms with E-state index in [0.717, 1.165) is 33.5 Å². The van der Waals surface area contributed by atoms with Crippen molar-refractivity contribution in [2.75, 3.05) is 5.73 Å². The molecule has 5 heteroatoms. The lowest BCUT2D eigenvalue weighted by Crippen LogP contribution is -1.96. The Kier molecular flexibility index (Phi) is 1.86. The highest BCUT2D eigenvalue weighted by Crippen LogP contribution is 2.22. The number of nitrogens with zero attached hydrogens (tertiary/aromatic N) is 4. The van der Waals surface area contributed by atoms with Gasteiger partial charge < -0.3 is 10.3 Å². The molecule has 0 saturated heterocycles. The molecule has 0 aliphatic rings. The van der Waals surface area contributed by atoms with Crippen molar-refractivity contribution in [3.63, 3.8) is 0 Å². The number of imidazole rings is 1. The van der Waals surface area contributed by atoms with E-state index < -0.39 is 0 Å². The lowest BCUT2D eigenvalue weighted by Gasteiger charge is -2.03. The van der Waals surface area contributed by atoms with Gasteiger partial charge in [-0.15, -0.1) is 0 Å². The molecular formula is C12H13N5. The summed E-state index contributed by atoms with van der Waals surface area (Å²) in [5, 5.41) is 0. The van der Waals surface area contributed by atoms with E-state index in [9.17, 15) is 0 Å². The van der Waals surface area contributed by atoms with Crippen molar-refractivity contribution >= 4 is 28.0 Å². The Morgan fingerprint density at radius 1 is 0.941 bits per heavy atom. The van der Waals surface area contributed by atoms with Gasteiger partial charge in [-0.3, -0.25) is 0 Å². The molecule has 0 amide bonds. The molecule has 0 bridgehead atoms. The summed E-state index contributed by atoms with van der Waals surface area (Å²) in [7, 11) is 1.89. The fraction of sp³-hybridized carbons (Fsp3) is 0.250. The van der Waals surface area contributed by atoms with Gasteiger partial charge in [-0.1, -0.05) is 0 Å². The third-order valence-electron chi connectivity index (χ3n) is 3.11. The van der Waals surface area contributed by atoms with Crippen LogP contribution in [0.3, 0.4) is 0 Å². The van der Waals surface area contributed by atoms with Crippen LogP contribution in [0.1, 0.15) is 11.4 Å². The van der Waals surface area contributed by atoms with Crippen LogP contribution in [0.2, 0.25) is 0 Å². The summed E-state index contributed by atoms with van der Waals surface area (Å²) in [6, 6.07) is 3.91. The predicted molar refractivity (Wildman–Crippen MR) is 67.7 cm³/mol. The molecule has 0 unspecified atom stereocenters. The molecule has 86 valence electrons. The minimum Gasteiger partial charge on any atom is -0.369 e. The summed E-state index contributed by atoms with van der Waals surface area (Å²) in [5.41, 5.74) is 11.3. The van der Waals surface area contributed by atoms with Crippen LogP contribution in [0.4, 0.5) is 5.95 Å². The highest BCUT2D eigenvalue weighted by atomic mass is 15.1. The van der Waals surface area contributed by atoms with Crippen LogP contribution in [0.25, 0.3) is 22.1 Å². The van der Waals surface area contributed by atoms with Crippen LogP contribution in [0.15, 0.2) is 12.1 Å². The first-order valence-corrected chi connectivity index (χ1v) is 5.43. The molecular weight excluding hydrogens is 214 g/mol. The first-order chi connectivity index (χ1) is 8.06. The number of fused-ring (bicyclic) bond motifs is 2. The maximum Gasteiger partial charge on any atom is 0.200 e. The van der Waals surface area contributed by atoms with E-state index >= 15 is 0 Å². The average Bonchev–Trinajstić information content (AvgIpc) is 2.54. The van der Waals surface area contributed by atoms with Crippen molar-refractivity contribution in [1.29, 1.82) is 0 Å². The van der Waals surface area contributed by atoms with E-state index in [1.165, 1.54) is 0 Å². The van der Waals surface area contributed by atoms with E-state index in [1.807, 2.05) is 37.6 Å². The van der Waals surface area contributed by atoms with Gasteiger partial charge in [-0.25, -0.2) is 15.0 Å². The van der Waals surface area contributed by atoms with Crippen LogP contribution in [0.5, 0.6) is 0 Å². The topological polar surface area (TPSA) is 69.6 Å². The summed E-state index contributed by atoms with van der Waals surface area (Å²) >= 11 is 0. The molecule has 0 fully saturated rings. The monoisotopic (exact) mass is 227 g/mol. The van der Waals surface area contributed by atoms with Crippen molar-refractivity contribution in [2.24, 2.45) is 7.05 Å². The van der Waals surface area contributed by atoms with Crippen LogP contribution < -0.4 is 5.73 Å². The second kappa shape index (κ2) is 3.16.